The molecule has 0 saturated heterocycles. The predicted molar refractivity (Wildman–Crippen MR) is 86.4 cm³/mol. The average Bonchev–Trinajstić information content (AvgIpc) is 2.27. The van der Waals surface area contributed by atoms with E-state index in [2.05, 4.69) is 53.8 Å². The molecule has 0 aromatic carbocycles. The molecule has 0 heterocycles. The first kappa shape index (κ1) is 17.0. The van der Waals surface area contributed by atoms with E-state index < -0.39 is 0 Å². The zero-order valence-corrected chi connectivity index (χ0v) is 14.4. The summed E-state index contributed by atoms with van der Waals surface area (Å²) in [5.41, 5.74) is 0.448. The van der Waals surface area contributed by atoms with E-state index in [4.69, 9.17) is 0 Å². The second-order valence-corrected chi connectivity index (χ2v) is 8.42. The fourth-order valence-electron chi connectivity index (χ4n) is 3.94. The Bertz CT molecular complexity index is 241. The fourth-order valence-corrected chi connectivity index (χ4v) is 3.94. The van der Waals surface area contributed by atoms with Crippen molar-refractivity contribution in [1.29, 1.82) is 0 Å². The molecule has 1 heteroatoms. The molecule has 1 nitrogen and oxygen atoms in total. The molecule has 1 aliphatic carbocycles. The Kier molecular flexibility index (Phi) is 6.36. The molecular weight excluding hydrogens is 230 g/mol. The highest BCUT2D eigenvalue weighted by Crippen LogP contribution is 2.38. The van der Waals surface area contributed by atoms with E-state index in [1.54, 1.807) is 0 Å². The smallest absolute Gasteiger partial charge is 0.0100 e. The van der Waals surface area contributed by atoms with E-state index in [-0.39, 0.29) is 0 Å². The van der Waals surface area contributed by atoms with Crippen molar-refractivity contribution in [3.8, 4) is 0 Å². The second kappa shape index (κ2) is 7.11. The van der Waals surface area contributed by atoms with Crippen LogP contribution in [0.4, 0.5) is 0 Å². The highest BCUT2D eigenvalue weighted by Gasteiger charge is 2.34. The van der Waals surface area contributed by atoms with Crippen LogP contribution >= 0.6 is 0 Å². The average molecular weight is 268 g/mol. The largest absolute Gasteiger partial charge is 0.313 e. The Labute approximate surface area is 121 Å². The molecule has 2 atom stereocenters. The lowest BCUT2D eigenvalue weighted by Gasteiger charge is -2.42. The Hall–Kier alpha value is -0.0400. The maximum atomic E-state index is 3.94. The van der Waals surface area contributed by atoms with Gasteiger partial charge in [0.25, 0.3) is 0 Å². The summed E-state index contributed by atoms with van der Waals surface area (Å²) in [5.74, 6) is 3.22. The highest BCUT2D eigenvalue weighted by atomic mass is 14.9. The molecule has 2 unspecified atom stereocenters. The van der Waals surface area contributed by atoms with Gasteiger partial charge in [0, 0.05) is 6.04 Å². The van der Waals surface area contributed by atoms with Crippen LogP contribution in [0.25, 0.3) is 0 Å². The van der Waals surface area contributed by atoms with Crippen LogP contribution in [0.5, 0.6) is 0 Å². The third kappa shape index (κ3) is 5.10. The van der Waals surface area contributed by atoms with Crippen molar-refractivity contribution in [1.82, 2.24) is 5.32 Å². The van der Waals surface area contributed by atoms with Gasteiger partial charge < -0.3 is 5.32 Å². The van der Waals surface area contributed by atoms with E-state index in [0.29, 0.717) is 5.41 Å². The van der Waals surface area contributed by atoms with Crippen molar-refractivity contribution in [2.75, 3.05) is 6.54 Å². The summed E-state index contributed by atoms with van der Waals surface area (Å²) in [6.07, 6.45) is 5.64. The van der Waals surface area contributed by atoms with Gasteiger partial charge in [-0.2, -0.15) is 0 Å². The summed E-state index contributed by atoms with van der Waals surface area (Å²) >= 11 is 0. The first-order valence-corrected chi connectivity index (χ1v) is 8.47. The first-order chi connectivity index (χ1) is 8.73. The molecule has 0 aliphatic heterocycles. The minimum Gasteiger partial charge on any atom is -0.313 e. The van der Waals surface area contributed by atoms with E-state index in [1.807, 2.05) is 0 Å². The molecule has 1 aliphatic rings. The molecule has 0 spiro atoms. The number of nitrogens with one attached hydrogen (secondary N) is 1. The fraction of sp³-hybridized carbons (Fsp3) is 1.00. The molecular formula is C18H37N. The van der Waals surface area contributed by atoms with Gasteiger partial charge >= 0.3 is 0 Å². The van der Waals surface area contributed by atoms with Crippen molar-refractivity contribution >= 4 is 0 Å². The summed E-state index contributed by atoms with van der Waals surface area (Å²) in [5, 5.41) is 3.94. The standard InChI is InChI=1S/C18H37N/c1-13(2)15(14(3)4)12-19-17-11-9-8-10-16(17)18(5,6)7/h13-17,19H,8-12H2,1-7H3. The minimum absolute atomic E-state index is 0.448. The van der Waals surface area contributed by atoms with Crippen molar-refractivity contribution in [3.63, 3.8) is 0 Å². The number of hydrogen-bond acceptors (Lipinski definition) is 1. The third-order valence-electron chi connectivity index (χ3n) is 5.21. The molecule has 0 aromatic heterocycles. The van der Waals surface area contributed by atoms with Gasteiger partial charge in [-0.05, 0) is 48.5 Å². The third-order valence-corrected chi connectivity index (χ3v) is 5.21. The summed E-state index contributed by atoms with van der Waals surface area (Å²) in [6.45, 7) is 17.9. The normalized spacial score (nSPS) is 25.6. The van der Waals surface area contributed by atoms with Gasteiger partial charge in [-0.1, -0.05) is 61.3 Å². The molecule has 0 amide bonds. The minimum atomic E-state index is 0.448. The summed E-state index contributed by atoms with van der Waals surface area (Å²) in [4.78, 5) is 0. The molecule has 0 radical (unpaired) electrons. The Morgan fingerprint density at radius 1 is 0.947 bits per heavy atom. The van der Waals surface area contributed by atoms with Crippen molar-refractivity contribution in [2.24, 2.45) is 29.1 Å². The van der Waals surface area contributed by atoms with Crippen molar-refractivity contribution in [3.05, 3.63) is 0 Å². The summed E-state index contributed by atoms with van der Waals surface area (Å²) in [7, 11) is 0. The Morgan fingerprint density at radius 2 is 1.47 bits per heavy atom. The molecule has 19 heavy (non-hydrogen) atoms. The van der Waals surface area contributed by atoms with Crippen LogP contribution in [-0.4, -0.2) is 12.6 Å². The van der Waals surface area contributed by atoms with Crippen LogP contribution in [0.1, 0.15) is 74.1 Å². The SMILES string of the molecule is CC(C)C(CNC1CCCCC1C(C)(C)C)C(C)C. The van der Waals surface area contributed by atoms with Gasteiger partial charge in [0.1, 0.15) is 0 Å². The zero-order valence-electron chi connectivity index (χ0n) is 14.4. The van der Waals surface area contributed by atoms with Crippen LogP contribution in [0.3, 0.4) is 0 Å². The predicted octanol–water partition coefficient (Wildman–Crippen LogP) is 5.11. The lowest BCUT2D eigenvalue weighted by Crippen LogP contribution is -2.46. The van der Waals surface area contributed by atoms with Gasteiger partial charge in [0.2, 0.25) is 0 Å². The Morgan fingerprint density at radius 3 is 1.95 bits per heavy atom. The summed E-state index contributed by atoms with van der Waals surface area (Å²) in [6, 6.07) is 0.744. The first-order valence-electron chi connectivity index (χ1n) is 8.47. The molecule has 1 rings (SSSR count). The quantitative estimate of drug-likeness (QED) is 0.730. The topological polar surface area (TPSA) is 12.0 Å². The van der Waals surface area contributed by atoms with Gasteiger partial charge in [-0.3, -0.25) is 0 Å². The lowest BCUT2D eigenvalue weighted by molar-refractivity contribution is 0.121. The summed E-state index contributed by atoms with van der Waals surface area (Å²) < 4.78 is 0. The van der Waals surface area contributed by atoms with Gasteiger partial charge in [0.05, 0.1) is 0 Å². The monoisotopic (exact) mass is 267 g/mol. The Balaban J connectivity index is 2.58. The molecule has 0 aromatic rings. The van der Waals surface area contributed by atoms with E-state index in [9.17, 15) is 0 Å². The van der Waals surface area contributed by atoms with Crippen LogP contribution in [0.15, 0.2) is 0 Å². The van der Waals surface area contributed by atoms with E-state index in [1.165, 1.54) is 32.2 Å². The molecule has 1 N–H and O–H groups in total. The van der Waals surface area contributed by atoms with Gasteiger partial charge in [0.15, 0.2) is 0 Å². The maximum Gasteiger partial charge on any atom is 0.0100 e. The van der Waals surface area contributed by atoms with Crippen LogP contribution in [0.2, 0.25) is 0 Å². The van der Waals surface area contributed by atoms with Crippen molar-refractivity contribution in [2.45, 2.75) is 80.2 Å². The van der Waals surface area contributed by atoms with Crippen LogP contribution < -0.4 is 5.32 Å². The second-order valence-electron chi connectivity index (χ2n) is 8.42. The van der Waals surface area contributed by atoms with Gasteiger partial charge in [-0.15, -0.1) is 0 Å². The maximum absolute atomic E-state index is 3.94. The lowest BCUT2D eigenvalue weighted by atomic mass is 9.69. The number of rotatable bonds is 5. The highest BCUT2D eigenvalue weighted by molar-refractivity contribution is 4.89. The molecule has 1 saturated carbocycles. The van der Waals surface area contributed by atoms with Crippen molar-refractivity contribution < 1.29 is 0 Å². The van der Waals surface area contributed by atoms with E-state index >= 15 is 0 Å². The molecule has 0 bridgehead atoms. The number of hydrogen-bond donors (Lipinski definition) is 1. The van der Waals surface area contributed by atoms with Crippen LogP contribution in [-0.2, 0) is 0 Å². The molecule has 1 fully saturated rings. The van der Waals surface area contributed by atoms with Crippen LogP contribution in [0, 0.1) is 29.1 Å². The van der Waals surface area contributed by atoms with E-state index in [0.717, 1.165) is 29.7 Å². The van der Waals surface area contributed by atoms with Gasteiger partial charge in [-0.25, -0.2) is 0 Å². The zero-order chi connectivity index (χ0) is 14.6. The molecule has 114 valence electrons.